The maximum Gasteiger partial charge on any atom is 0.240 e. The van der Waals surface area contributed by atoms with Crippen LogP contribution in [0.25, 0.3) is 22.6 Å². The number of carbonyl (C=O) groups excluding carboxylic acids is 1. The number of aromatic nitrogens is 1. The third-order valence-electron chi connectivity index (χ3n) is 6.28. The van der Waals surface area contributed by atoms with E-state index in [0.717, 1.165) is 54.0 Å². The molecule has 0 radical (unpaired) electrons. The minimum atomic E-state index is -0.0500. The molecule has 0 bridgehead atoms. The number of rotatable bonds is 10. The summed E-state index contributed by atoms with van der Waals surface area (Å²) in [6, 6.07) is 15.8. The number of amides is 1. The first kappa shape index (κ1) is 24.4. The van der Waals surface area contributed by atoms with Crippen LogP contribution in [-0.2, 0) is 4.79 Å². The van der Waals surface area contributed by atoms with Crippen molar-refractivity contribution < 1.29 is 13.9 Å². The molecular weight excluding hydrogens is 442 g/mol. The summed E-state index contributed by atoms with van der Waals surface area (Å²) in [5.41, 5.74) is 6.66. The number of nitrogens with zero attached hydrogens (tertiary/aromatic N) is 4. The molecule has 182 valence electrons. The van der Waals surface area contributed by atoms with Crippen molar-refractivity contribution in [2.45, 2.75) is 33.1 Å². The lowest BCUT2D eigenvalue weighted by Crippen LogP contribution is -2.33. The first-order valence-corrected chi connectivity index (χ1v) is 12.1. The van der Waals surface area contributed by atoms with E-state index in [9.17, 15) is 4.79 Å². The molecule has 0 fully saturated rings. The molecule has 3 aromatic rings. The number of nitriles is 1. The second-order valence-corrected chi connectivity index (χ2v) is 9.04. The van der Waals surface area contributed by atoms with Crippen LogP contribution in [0, 0.1) is 23.2 Å². The van der Waals surface area contributed by atoms with E-state index < -0.39 is 0 Å². The average molecular weight is 474 g/mol. The summed E-state index contributed by atoms with van der Waals surface area (Å²) in [6.07, 6.45) is 2.13. The van der Waals surface area contributed by atoms with Crippen LogP contribution in [0.1, 0.15) is 38.7 Å². The van der Waals surface area contributed by atoms with Crippen molar-refractivity contribution in [2.75, 3.05) is 26.7 Å². The smallest absolute Gasteiger partial charge is 0.240 e. The molecule has 2 heterocycles. The van der Waals surface area contributed by atoms with Crippen LogP contribution in [-0.4, -0.2) is 48.2 Å². The lowest BCUT2D eigenvalue weighted by Gasteiger charge is -2.21. The molecule has 8 heteroatoms. The first-order chi connectivity index (χ1) is 17.0. The third kappa shape index (κ3) is 6.06. The Morgan fingerprint density at radius 3 is 2.91 bits per heavy atom. The molecule has 1 aromatic heterocycles. The van der Waals surface area contributed by atoms with E-state index in [1.54, 1.807) is 0 Å². The zero-order valence-electron chi connectivity index (χ0n) is 20.5. The monoisotopic (exact) mass is 473 g/mol. The Balaban J connectivity index is 1.44. The number of hydrogen-bond donors (Lipinski definition) is 1. The number of ether oxygens (including phenoxy) is 1. The van der Waals surface area contributed by atoms with E-state index in [4.69, 9.17) is 14.4 Å². The molecular formula is C27H31N5O3. The lowest BCUT2D eigenvalue weighted by atomic mass is 9.90. The summed E-state index contributed by atoms with van der Waals surface area (Å²) in [6.45, 7) is 6.19. The second-order valence-electron chi connectivity index (χ2n) is 9.04. The fourth-order valence-corrected chi connectivity index (χ4v) is 4.05. The molecule has 0 spiro atoms. The summed E-state index contributed by atoms with van der Waals surface area (Å²) in [5.74, 6) is 1.38. The van der Waals surface area contributed by atoms with Crippen LogP contribution < -0.4 is 10.2 Å². The number of likely N-dealkylation sites (N-methyl/N-ethyl adjacent to an activating group) is 1. The van der Waals surface area contributed by atoms with Gasteiger partial charge >= 0.3 is 0 Å². The minimum Gasteiger partial charge on any atom is -0.492 e. The van der Waals surface area contributed by atoms with Gasteiger partial charge < -0.3 is 14.1 Å². The SMILES string of the molecule is CCC1CC(=O)NN=C1c1ccc2nc(-c3cccc(OCCN(C)CCC(C)C#N)c3)oc2c1. The van der Waals surface area contributed by atoms with Crippen molar-refractivity contribution in [3.8, 4) is 23.3 Å². The Hall–Kier alpha value is -3.70. The van der Waals surface area contributed by atoms with Gasteiger partial charge in [0.05, 0.1) is 11.8 Å². The van der Waals surface area contributed by atoms with Crippen LogP contribution in [0.3, 0.4) is 0 Å². The van der Waals surface area contributed by atoms with Crippen LogP contribution in [0.5, 0.6) is 5.75 Å². The molecule has 2 unspecified atom stereocenters. The van der Waals surface area contributed by atoms with Crippen molar-refractivity contribution >= 4 is 22.7 Å². The molecule has 1 amide bonds. The Labute approximate surface area is 205 Å². The fourth-order valence-electron chi connectivity index (χ4n) is 4.05. The Bertz CT molecular complexity index is 1260. The predicted octanol–water partition coefficient (Wildman–Crippen LogP) is 4.61. The van der Waals surface area contributed by atoms with Crippen LogP contribution in [0.15, 0.2) is 52.0 Å². The molecule has 0 aliphatic carbocycles. The summed E-state index contributed by atoms with van der Waals surface area (Å²) >= 11 is 0. The van der Waals surface area contributed by atoms with Crippen molar-refractivity contribution in [1.82, 2.24) is 15.3 Å². The highest BCUT2D eigenvalue weighted by molar-refractivity contribution is 6.07. The number of fused-ring (bicyclic) bond motifs is 1. The Morgan fingerprint density at radius 1 is 1.26 bits per heavy atom. The van der Waals surface area contributed by atoms with Crippen molar-refractivity contribution in [3.05, 3.63) is 48.0 Å². The number of hydrogen-bond acceptors (Lipinski definition) is 7. The standard InChI is InChI=1S/C27H31N5O3/c1-4-19-16-25(33)30-31-26(19)20-8-9-23-24(15-20)35-27(29-23)21-6-5-7-22(14-21)34-13-12-32(3)11-10-18(2)17-28/h5-9,14-15,18-19H,4,10-13,16H2,1-3H3,(H,30,33). The number of benzene rings is 2. The van der Waals surface area contributed by atoms with Gasteiger partial charge in [-0.25, -0.2) is 10.4 Å². The Kier molecular flexibility index (Phi) is 7.78. The zero-order valence-corrected chi connectivity index (χ0v) is 20.5. The average Bonchev–Trinajstić information content (AvgIpc) is 3.31. The molecule has 2 atom stereocenters. The maximum atomic E-state index is 11.7. The van der Waals surface area contributed by atoms with Gasteiger partial charge in [-0.1, -0.05) is 19.1 Å². The highest BCUT2D eigenvalue weighted by Crippen LogP contribution is 2.29. The van der Waals surface area contributed by atoms with Gasteiger partial charge in [-0.3, -0.25) is 4.79 Å². The van der Waals surface area contributed by atoms with Gasteiger partial charge in [0, 0.05) is 35.9 Å². The number of nitrogens with one attached hydrogen (secondary N) is 1. The van der Waals surface area contributed by atoms with Crippen LogP contribution >= 0.6 is 0 Å². The van der Waals surface area contributed by atoms with Gasteiger partial charge in [0.1, 0.15) is 17.9 Å². The Morgan fingerprint density at radius 2 is 2.11 bits per heavy atom. The topological polar surface area (TPSA) is 104 Å². The zero-order chi connectivity index (χ0) is 24.8. The second kappa shape index (κ2) is 11.2. The van der Waals surface area contributed by atoms with Gasteiger partial charge in [0.15, 0.2) is 5.58 Å². The molecule has 4 rings (SSSR count). The number of carbonyl (C=O) groups is 1. The van der Waals surface area contributed by atoms with E-state index in [1.807, 2.05) is 56.4 Å². The first-order valence-electron chi connectivity index (χ1n) is 12.1. The summed E-state index contributed by atoms with van der Waals surface area (Å²) in [5, 5.41) is 13.2. The van der Waals surface area contributed by atoms with E-state index in [0.29, 0.717) is 24.5 Å². The van der Waals surface area contributed by atoms with Crippen LogP contribution in [0.2, 0.25) is 0 Å². The molecule has 1 aliphatic rings. The third-order valence-corrected chi connectivity index (χ3v) is 6.28. The predicted molar refractivity (Wildman–Crippen MR) is 135 cm³/mol. The largest absolute Gasteiger partial charge is 0.492 e. The van der Waals surface area contributed by atoms with Crippen molar-refractivity contribution in [3.63, 3.8) is 0 Å². The highest BCUT2D eigenvalue weighted by Gasteiger charge is 2.24. The summed E-state index contributed by atoms with van der Waals surface area (Å²) < 4.78 is 12.0. The van der Waals surface area contributed by atoms with Crippen molar-refractivity contribution in [2.24, 2.45) is 16.9 Å². The van der Waals surface area contributed by atoms with Gasteiger partial charge in [-0.2, -0.15) is 10.4 Å². The van der Waals surface area contributed by atoms with Gasteiger partial charge in [0.2, 0.25) is 11.8 Å². The molecule has 1 N–H and O–H groups in total. The van der Waals surface area contributed by atoms with E-state index >= 15 is 0 Å². The fraction of sp³-hybridized carbons (Fsp3) is 0.407. The molecule has 35 heavy (non-hydrogen) atoms. The van der Waals surface area contributed by atoms with Gasteiger partial charge in [-0.05, 0) is 63.7 Å². The number of hydrazone groups is 1. The molecule has 1 aliphatic heterocycles. The highest BCUT2D eigenvalue weighted by atomic mass is 16.5. The van der Waals surface area contributed by atoms with E-state index in [-0.39, 0.29) is 17.7 Å². The molecule has 0 saturated carbocycles. The minimum absolute atomic E-state index is 0.0500. The normalized spacial score (nSPS) is 16.6. The van der Waals surface area contributed by atoms with Gasteiger partial charge in [0.25, 0.3) is 0 Å². The molecule has 8 nitrogen and oxygen atoms in total. The number of oxazole rings is 1. The summed E-state index contributed by atoms with van der Waals surface area (Å²) in [7, 11) is 2.03. The van der Waals surface area contributed by atoms with Crippen LogP contribution in [0.4, 0.5) is 0 Å². The van der Waals surface area contributed by atoms with E-state index in [2.05, 4.69) is 33.4 Å². The molecule has 2 aromatic carbocycles. The maximum absolute atomic E-state index is 11.7. The summed E-state index contributed by atoms with van der Waals surface area (Å²) in [4.78, 5) is 18.5. The van der Waals surface area contributed by atoms with Crippen molar-refractivity contribution in [1.29, 1.82) is 5.26 Å². The lowest BCUT2D eigenvalue weighted by molar-refractivity contribution is -0.122. The van der Waals surface area contributed by atoms with E-state index in [1.165, 1.54) is 0 Å². The quantitative estimate of drug-likeness (QED) is 0.461. The molecule has 0 saturated heterocycles. The van der Waals surface area contributed by atoms with Gasteiger partial charge in [-0.15, -0.1) is 0 Å².